The van der Waals surface area contributed by atoms with Crippen LogP contribution in [0.2, 0.25) is 0 Å². The van der Waals surface area contributed by atoms with Crippen molar-refractivity contribution in [3.8, 4) is 0 Å². The summed E-state index contributed by atoms with van der Waals surface area (Å²) in [7, 11) is 0. The van der Waals surface area contributed by atoms with Gasteiger partial charge in [-0.05, 0) is 70.3 Å². The van der Waals surface area contributed by atoms with Gasteiger partial charge in [-0.3, -0.25) is 0 Å². The van der Waals surface area contributed by atoms with Crippen LogP contribution in [0.15, 0.2) is 24.3 Å². The maximum Gasteiger partial charge on any atom is 0.331 e. The average molecular weight is 368 g/mol. The zero-order valence-electron chi connectivity index (χ0n) is 15.8. The number of hydrogen-bond acceptors (Lipinski definition) is 5. The molecule has 0 spiro atoms. The fourth-order valence-corrected chi connectivity index (χ4v) is 3.95. The van der Waals surface area contributed by atoms with Crippen molar-refractivity contribution in [2.75, 3.05) is 0 Å². The van der Waals surface area contributed by atoms with Gasteiger partial charge in [0, 0.05) is 5.57 Å². The number of carboxylic acids is 1. The summed E-state index contributed by atoms with van der Waals surface area (Å²) in [5.41, 5.74) is -1.26. The van der Waals surface area contributed by atoms with E-state index in [1.54, 1.807) is 6.92 Å². The molecule has 2 aliphatic rings. The number of aliphatic carboxylic acids is 1. The summed E-state index contributed by atoms with van der Waals surface area (Å²) >= 11 is 0. The average Bonchev–Trinajstić information content (AvgIpc) is 2.98. The standard InChI is InChI=1S/C20H32O6/c1-12-5-6-16(21)19(3,25)9-7-14(13(2)18(23)24)11-17(22)20(4)10-8-15(12)26-20/h14-17,21-22,25H,1-2,5-11H2,3-4H3,(H,23,24)/t14-,15-,16+,17-,19-,20?/m1/s1. The van der Waals surface area contributed by atoms with Crippen LogP contribution in [-0.2, 0) is 9.53 Å². The third-order valence-electron chi connectivity index (χ3n) is 6.21. The molecule has 2 rings (SSSR count). The van der Waals surface area contributed by atoms with Crippen molar-refractivity contribution < 1.29 is 30.0 Å². The van der Waals surface area contributed by atoms with Gasteiger partial charge in [-0.15, -0.1) is 0 Å². The normalized spacial score (nSPS) is 42.4. The molecular weight excluding hydrogens is 336 g/mol. The van der Waals surface area contributed by atoms with Gasteiger partial charge < -0.3 is 25.2 Å². The SMILES string of the molecule is C=C(C(=O)O)[C@@H]1CC[C@@](C)(O)[C@@H](O)CCC(=C)[C@H]2CCC(C)(O2)[C@H](O)C1. The molecule has 0 radical (unpaired) electrons. The highest BCUT2D eigenvalue weighted by molar-refractivity contribution is 5.86. The topological polar surface area (TPSA) is 107 Å². The first kappa shape index (κ1) is 21.1. The summed E-state index contributed by atoms with van der Waals surface area (Å²) in [5.74, 6) is -1.62. The van der Waals surface area contributed by atoms with Gasteiger partial charge in [-0.1, -0.05) is 13.2 Å². The minimum Gasteiger partial charge on any atom is -0.478 e. The highest BCUT2D eigenvalue weighted by Crippen LogP contribution is 2.40. The molecule has 0 aromatic rings. The van der Waals surface area contributed by atoms with Crippen molar-refractivity contribution in [2.24, 2.45) is 5.92 Å². The number of fused-ring (bicyclic) bond motifs is 2. The predicted octanol–water partition coefficient (Wildman–Crippen LogP) is 2.17. The Balaban J connectivity index is 2.29. The Kier molecular flexibility index (Phi) is 6.33. The zero-order chi connectivity index (χ0) is 19.7. The molecule has 2 saturated heterocycles. The van der Waals surface area contributed by atoms with Crippen LogP contribution in [0.5, 0.6) is 0 Å². The van der Waals surface area contributed by atoms with Crippen LogP contribution in [0.3, 0.4) is 0 Å². The van der Waals surface area contributed by atoms with Crippen LogP contribution in [0, 0.1) is 5.92 Å². The smallest absolute Gasteiger partial charge is 0.331 e. The van der Waals surface area contributed by atoms with E-state index < -0.39 is 35.3 Å². The van der Waals surface area contributed by atoms with E-state index in [-0.39, 0.29) is 24.5 Å². The first-order valence-electron chi connectivity index (χ1n) is 9.32. The first-order chi connectivity index (χ1) is 12.0. The van der Waals surface area contributed by atoms with Crippen molar-refractivity contribution in [1.82, 2.24) is 0 Å². The van der Waals surface area contributed by atoms with Gasteiger partial charge in [0.2, 0.25) is 0 Å². The number of rotatable bonds is 2. The van der Waals surface area contributed by atoms with Crippen LogP contribution in [0.25, 0.3) is 0 Å². The van der Waals surface area contributed by atoms with Crippen LogP contribution < -0.4 is 0 Å². The lowest BCUT2D eigenvalue weighted by molar-refractivity contribution is -0.134. The van der Waals surface area contributed by atoms with Crippen molar-refractivity contribution in [1.29, 1.82) is 0 Å². The number of aliphatic hydroxyl groups is 3. The summed E-state index contributed by atoms with van der Waals surface area (Å²) in [5, 5.41) is 41.1. The second kappa shape index (κ2) is 7.80. The Bertz CT molecular complexity index is 569. The van der Waals surface area contributed by atoms with Gasteiger partial charge in [-0.25, -0.2) is 4.79 Å². The van der Waals surface area contributed by atoms with E-state index in [1.807, 2.05) is 6.92 Å². The molecule has 26 heavy (non-hydrogen) atoms. The highest BCUT2D eigenvalue weighted by Gasteiger charge is 2.44. The van der Waals surface area contributed by atoms with Gasteiger partial charge >= 0.3 is 5.97 Å². The van der Waals surface area contributed by atoms with Crippen LogP contribution in [-0.4, -0.2) is 55.9 Å². The molecule has 2 bridgehead atoms. The molecular formula is C20H32O6. The van der Waals surface area contributed by atoms with E-state index in [9.17, 15) is 25.2 Å². The Labute approximate surface area is 155 Å². The summed E-state index contributed by atoms with van der Waals surface area (Å²) in [6.07, 6.45) is 0.982. The number of carbonyl (C=O) groups is 1. The van der Waals surface area contributed by atoms with E-state index in [4.69, 9.17) is 4.74 Å². The largest absolute Gasteiger partial charge is 0.478 e. The molecule has 2 fully saturated rings. The molecule has 6 nitrogen and oxygen atoms in total. The van der Waals surface area contributed by atoms with Gasteiger partial charge in [0.1, 0.15) is 0 Å². The monoisotopic (exact) mass is 368 g/mol. The van der Waals surface area contributed by atoms with Gasteiger partial charge in [0.25, 0.3) is 0 Å². The first-order valence-corrected chi connectivity index (χ1v) is 9.32. The van der Waals surface area contributed by atoms with Crippen molar-refractivity contribution in [3.05, 3.63) is 24.3 Å². The number of aliphatic hydroxyl groups excluding tert-OH is 2. The Hall–Kier alpha value is -1.21. The molecule has 0 aliphatic carbocycles. The molecule has 6 heteroatoms. The molecule has 0 saturated carbocycles. The molecule has 6 atom stereocenters. The lowest BCUT2D eigenvalue weighted by atomic mass is 9.79. The summed E-state index contributed by atoms with van der Waals surface area (Å²) < 4.78 is 6.09. The number of ether oxygens (including phenoxy) is 1. The van der Waals surface area contributed by atoms with Crippen molar-refractivity contribution >= 4 is 5.97 Å². The number of carboxylic acid groups (broad SMARTS) is 1. The Morgan fingerprint density at radius 3 is 2.42 bits per heavy atom. The second-order valence-corrected chi connectivity index (χ2v) is 8.35. The van der Waals surface area contributed by atoms with Crippen LogP contribution in [0.4, 0.5) is 0 Å². The lowest BCUT2D eigenvalue weighted by Crippen LogP contribution is -2.42. The maximum atomic E-state index is 11.4. The van der Waals surface area contributed by atoms with Crippen molar-refractivity contribution in [2.45, 2.75) is 88.3 Å². The van der Waals surface area contributed by atoms with E-state index >= 15 is 0 Å². The molecule has 4 N–H and O–H groups in total. The van der Waals surface area contributed by atoms with Crippen LogP contribution in [0.1, 0.15) is 58.8 Å². The van der Waals surface area contributed by atoms with E-state index in [2.05, 4.69) is 13.2 Å². The highest BCUT2D eigenvalue weighted by atomic mass is 16.5. The quantitative estimate of drug-likeness (QED) is 0.440. The molecule has 0 aromatic heterocycles. The second-order valence-electron chi connectivity index (χ2n) is 8.35. The van der Waals surface area contributed by atoms with Gasteiger partial charge in [0.05, 0.1) is 29.5 Å². The molecule has 2 heterocycles. The summed E-state index contributed by atoms with van der Waals surface area (Å²) in [6, 6.07) is 0. The molecule has 0 aromatic carbocycles. The van der Waals surface area contributed by atoms with E-state index in [0.717, 1.165) is 12.0 Å². The molecule has 148 valence electrons. The van der Waals surface area contributed by atoms with Crippen molar-refractivity contribution in [3.63, 3.8) is 0 Å². The Morgan fingerprint density at radius 1 is 1.15 bits per heavy atom. The van der Waals surface area contributed by atoms with Crippen LogP contribution >= 0.6 is 0 Å². The summed E-state index contributed by atoms with van der Waals surface area (Å²) in [4.78, 5) is 11.4. The third-order valence-corrected chi connectivity index (χ3v) is 6.21. The summed E-state index contributed by atoms with van der Waals surface area (Å²) in [6.45, 7) is 11.1. The fourth-order valence-electron chi connectivity index (χ4n) is 3.95. The Morgan fingerprint density at radius 2 is 1.81 bits per heavy atom. The van der Waals surface area contributed by atoms with E-state index in [0.29, 0.717) is 25.7 Å². The zero-order valence-corrected chi connectivity index (χ0v) is 15.8. The number of hydrogen-bond donors (Lipinski definition) is 4. The molecule has 2 aliphatic heterocycles. The molecule has 1 unspecified atom stereocenters. The van der Waals surface area contributed by atoms with Gasteiger partial charge in [0.15, 0.2) is 0 Å². The molecule has 0 amide bonds. The lowest BCUT2D eigenvalue weighted by Gasteiger charge is -2.34. The minimum absolute atomic E-state index is 0.00627. The third kappa shape index (κ3) is 4.55. The fraction of sp³-hybridized carbons (Fsp3) is 0.750. The van der Waals surface area contributed by atoms with E-state index in [1.165, 1.54) is 0 Å². The maximum absolute atomic E-state index is 11.4. The van der Waals surface area contributed by atoms with Gasteiger partial charge in [-0.2, -0.15) is 0 Å². The minimum atomic E-state index is -1.35. The predicted molar refractivity (Wildman–Crippen MR) is 97.6 cm³/mol.